The van der Waals surface area contributed by atoms with Crippen molar-refractivity contribution in [2.24, 2.45) is 0 Å². The van der Waals surface area contributed by atoms with E-state index in [0.29, 0.717) is 18.7 Å². The molecule has 0 fully saturated rings. The maximum Gasteiger partial charge on any atom is 0.312 e. The van der Waals surface area contributed by atoms with Gasteiger partial charge in [-0.3, -0.25) is 4.79 Å². The number of nitrogens with one attached hydrogen (secondary N) is 1. The first-order valence-corrected chi connectivity index (χ1v) is 11.4. The highest BCUT2D eigenvalue weighted by atomic mass is 127. The Hall–Kier alpha value is -3.61. The highest BCUT2D eigenvalue weighted by molar-refractivity contribution is 14.1. The van der Waals surface area contributed by atoms with Crippen molar-refractivity contribution < 1.29 is 9.21 Å². The standard InChI is InChI=1S/C22H17IN8O2/c1-12-4-3-8-31-16(12)10-15(29-31)19-18-14(25-11-26-18)6-9-30(19)22(32)21-28-27-20(33-21)17-13(23)5-2-7-24-17/h2-5,7-8,10-11,19H,6,9H2,1H3,(H,25,26)/t19-/m0/s1. The van der Waals surface area contributed by atoms with Gasteiger partial charge in [0.15, 0.2) is 0 Å². The molecule has 0 aromatic carbocycles. The molecule has 6 rings (SSSR count). The number of H-pyrrole nitrogens is 1. The molecular weight excluding hydrogens is 535 g/mol. The van der Waals surface area contributed by atoms with Crippen LogP contribution in [0.1, 0.15) is 39.4 Å². The maximum absolute atomic E-state index is 13.6. The number of imidazole rings is 1. The summed E-state index contributed by atoms with van der Waals surface area (Å²) in [6, 6.07) is 9.21. The van der Waals surface area contributed by atoms with E-state index in [1.807, 2.05) is 48.0 Å². The van der Waals surface area contributed by atoms with Gasteiger partial charge in [-0.1, -0.05) is 6.07 Å². The topological polar surface area (TPSA) is 118 Å². The molecule has 0 unspecified atom stereocenters. The third-order valence-electron chi connectivity index (χ3n) is 5.77. The number of hydrogen-bond donors (Lipinski definition) is 1. The Labute approximate surface area is 201 Å². The van der Waals surface area contributed by atoms with Crippen molar-refractivity contribution in [3.8, 4) is 11.6 Å². The number of carbonyl (C=O) groups excluding carboxylic acids is 1. The van der Waals surface area contributed by atoms with E-state index >= 15 is 0 Å². The minimum Gasteiger partial charge on any atom is -0.411 e. The maximum atomic E-state index is 13.6. The Morgan fingerprint density at radius 3 is 3.00 bits per heavy atom. The highest BCUT2D eigenvalue weighted by Gasteiger charge is 2.38. The van der Waals surface area contributed by atoms with Crippen LogP contribution >= 0.6 is 22.6 Å². The number of aryl methyl sites for hydroxylation is 1. The molecule has 6 heterocycles. The molecular formula is C22H17IN8O2. The fourth-order valence-electron chi connectivity index (χ4n) is 4.18. The molecule has 1 aliphatic rings. The van der Waals surface area contributed by atoms with Gasteiger partial charge in [0, 0.05) is 34.6 Å². The lowest BCUT2D eigenvalue weighted by atomic mass is 9.99. The Kier molecular flexibility index (Phi) is 4.71. The molecule has 164 valence electrons. The van der Waals surface area contributed by atoms with Gasteiger partial charge in [-0.25, -0.2) is 14.5 Å². The van der Waals surface area contributed by atoms with E-state index in [4.69, 9.17) is 9.52 Å². The second kappa shape index (κ2) is 7.76. The number of fused-ring (bicyclic) bond motifs is 2. The second-order valence-corrected chi connectivity index (χ2v) is 8.92. The van der Waals surface area contributed by atoms with Gasteiger partial charge in [-0.2, -0.15) is 5.10 Å². The molecule has 0 aliphatic carbocycles. The zero-order valence-corrected chi connectivity index (χ0v) is 19.6. The molecule has 0 saturated heterocycles. The fourth-order valence-corrected chi connectivity index (χ4v) is 4.75. The first-order chi connectivity index (χ1) is 16.1. The second-order valence-electron chi connectivity index (χ2n) is 7.75. The Balaban J connectivity index is 1.41. The highest BCUT2D eigenvalue weighted by Crippen LogP contribution is 2.34. The molecule has 1 amide bonds. The Morgan fingerprint density at radius 2 is 2.15 bits per heavy atom. The molecule has 0 saturated carbocycles. The first kappa shape index (κ1) is 20.0. The molecule has 1 N–H and O–H groups in total. The molecule has 0 bridgehead atoms. The number of rotatable bonds is 3. The average Bonchev–Trinajstić information content (AvgIpc) is 3.57. The Morgan fingerprint density at radius 1 is 1.24 bits per heavy atom. The number of aromatic amines is 1. The molecule has 0 spiro atoms. The van der Waals surface area contributed by atoms with Crippen LogP contribution in [0.3, 0.4) is 0 Å². The van der Waals surface area contributed by atoms with E-state index < -0.39 is 6.04 Å². The fraction of sp³-hybridized carbons (Fsp3) is 0.182. The van der Waals surface area contributed by atoms with Gasteiger partial charge in [0.25, 0.3) is 5.89 Å². The number of aromatic nitrogens is 7. The minimum atomic E-state index is -0.475. The van der Waals surface area contributed by atoms with Crippen LogP contribution in [0.4, 0.5) is 0 Å². The van der Waals surface area contributed by atoms with E-state index in [1.165, 1.54) is 0 Å². The zero-order chi connectivity index (χ0) is 22.5. The Bertz CT molecular complexity index is 1500. The van der Waals surface area contributed by atoms with Crippen LogP contribution in [-0.4, -0.2) is 52.1 Å². The van der Waals surface area contributed by atoms with Gasteiger partial charge in [0.1, 0.15) is 11.7 Å². The smallest absolute Gasteiger partial charge is 0.312 e. The number of carbonyl (C=O) groups is 1. The monoisotopic (exact) mass is 552 g/mol. The number of halogens is 1. The van der Waals surface area contributed by atoms with E-state index in [2.05, 4.69) is 47.7 Å². The van der Waals surface area contributed by atoms with E-state index in [-0.39, 0.29) is 17.7 Å². The summed E-state index contributed by atoms with van der Waals surface area (Å²) in [7, 11) is 0. The van der Waals surface area contributed by atoms with Gasteiger partial charge in [-0.05, 0) is 59.3 Å². The van der Waals surface area contributed by atoms with Gasteiger partial charge in [0.05, 0.1) is 23.2 Å². The normalized spacial score (nSPS) is 15.7. The molecule has 10 nitrogen and oxygen atoms in total. The quantitative estimate of drug-likeness (QED) is 0.342. The SMILES string of the molecule is Cc1cccn2nc([C@H]3c4nc[nH]c4CCN3C(=O)c3nnc(-c4ncccc4I)o3)cc12. The van der Waals surface area contributed by atoms with Crippen molar-refractivity contribution in [2.75, 3.05) is 6.54 Å². The van der Waals surface area contributed by atoms with E-state index in [1.54, 1.807) is 17.4 Å². The lowest BCUT2D eigenvalue weighted by Gasteiger charge is -2.32. The number of hydrogen-bond acceptors (Lipinski definition) is 7. The average molecular weight is 552 g/mol. The van der Waals surface area contributed by atoms with Crippen molar-refractivity contribution in [3.05, 3.63) is 81.2 Å². The van der Waals surface area contributed by atoms with Gasteiger partial charge in [-0.15, -0.1) is 10.2 Å². The van der Waals surface area contributed by atoms with Crippen LogP contribution in [0, 0.1) is 10.5 Å². The largest absolute Gasteiger partial charge is 0.411 e. The lowest BCUT2D eigenvalue weighted by molar-refractivity contribution is 0.0646. The van der Waals surface area contributed by atoms with Gasteiger partial charge >= 0.3 is 11.8 Å². The molecule has 5 aromatic heterocycles. The van der Waals surface area contributed by atoms with Crippen molar-refractivity contribution in [3.63, 3.8) is 0 Å². The summed E-state index contributed by atoms with van der Waals surface area (Å²) in [6.45, 7) is 2.49. The van der Waals surface area contributed by atoms with E-state index in [9.17, 15) is 4.79 Å². The minimum absolute atomic E-state index is 0.0876. The zero-order valence-electron chi connectivity index (χ0n) is 17.4. The summed E-state index contributed by atoms with van der Waals surface area (Å²) in [6.07, 6.45) is 5.84. The molecule has 1 aliphatic heterocycles. The van der Waals surface area contributed by atoms with Crippen molar-refractivity contribution in [1.82, 2.24) is 39.7 Å². The third kappa shape index (κ3) is 3.30. The van der Waals surface area contributed by atoms with Crippen LogP contribution in [0.5, 0.6) is 0 Å². The predicted octanol–water partition coefficient (Wildman–Crippen LogP) is 3.20. The molecule has 11 heteroatoms. The van der Waals surface area contributed by atoms with Crippen LogP contribution in [0.15, 0.2) is 53.5 Å². The molecule has 5 aromatic rings. The molecule has 0 radical (unpaired) electrons. The van der Waals surface area contributed by atoms with Crippen LogP contribution in [0.25, 0.3) is 17.1 Å². The lowest BCUT2D eigenvalue weighted by Crippen LogP contribution is -2.41. The van der Waals surface area contributed by atoms with Crippen LogP contribution in [0.2, 0.25) is 0 Å². The number of nitrogens with zero attached hydrogens (tertiary/aromatic N) is 7. The molecule has 1 atom stereocenters. The van der Waals surface area contributed by atoms with Crippen LogP contribution < -0.4 is 0 Å². The predicted molar refractivity (Wildman–Crippen MR) is 125 cm³/mol. The summed E-state index contributed by atoms with van der Waals surface area (Å²) in [5.41, 5.74) is 5.11. The summed E-state index contributed by atoms with van der Waals surface area (Å²) < 4.78 is 8.44. The first-order valence-electron chi connectivity index (χ1n) is 10.3. The summed E-state index contributed by atoms with van der Waals surface area (Å²) in [5, 5.41) is 12.9. The van der Waals surface area contributed by atoms with Gasteiger partial charge in [0.2, 0.25) is 0 Å². The summed E-state index contributed by atoms with van der Waals surface area (Å²) in [5.74, 6) is -0.247. The van der Waals surface area contributed by atoms with Crippen molar-refractivity contribution >= 4 is 34.0 Å². The summed E-state index contributed by atoms with van der Waals surface area (Å²) >= 11 is 2.15. The third-order valence-corrected chi connectivity index (χ3v) is 6.64. The van der Waals surface area contributed by atoms with Crippen LogP contribution in [-0.2, 0) is 6.42 Å². The van der Waals surface area contributed by atoms with Crippen molar-refractivity contribution in [2.45, 2.75) is 19.4 Å². The number of pyridine rings is 2. The number of amides is 1. The molecule has 33 heavy (non-hydrogen) atoms. The van der Waals surface area contributed by atoms with E-state index in [0.717, 1.165) is 31.7 Å². The van der Waals surface area contributed by atoms with Gasteiger partial charge < -0.3 is 14.3 Å². The summed E-state index contributed by atoms with van der Waals surface area (Å²) in [4.78, 5) is 27.3. The van der Waals surface area contributed by atoms with Crippen molar-refractivity contribution in [1.29, 1.82) is 0 Å².